The number of rotatable bonds is 6. The number of hydrogen-bond acceptors (Lipinski definition) is 6. The Morgan fingerprint density at radius 3 is 2.41 bits per heavy atom. The summed E-state index contributed by atoms with van der Waals surface area (Å²) in [4.78, 5) is 27.1. The number of nitrogens with zero attached hydrogens (tertiary/aromatic N) is 5. The molecule has 202 valence electrons. The number of benzene rings is 1. The Balaban J connectivity index is 1.40. The van der Waals surface area contributed by atoms with Crippen LogP contribution in [0.4, 0.5) is 0 Å². The van der Waals surface area contributed by atoms with Gasteiger partial charge in [0.25, 0.3) is 0 Å². The number of aliphatic hydroxyl groups excluding tert-OH is 1. The molecule has 1 spiro atoms. The highest BCUT2D eigenvalue weighted by molar-refractivity contribution is 5.90. The Hall–Kier alpha value is -3.75. The quantitative estimate of drug-likeness (QED) is 0.414. The van der Waals surface area contributed by atoms with Crippen molar-refractivity contribution in [2.24, 2.45) is 7.05 Å². The Morgan fingerprint density at radius 1 is 1.05 bits per heavy atom. The van der Waals surface area contributed by atoms with Crippen LogP contribution >= 0.6 is 0 Å². The Morgan fingerprint density at radius 2 is 1.77 bits per heavy atom. The van der Waals surface area contributed by atoms with Gasteiger partial charge in [-0.3, -0.25) is 19.7 Å². The number of ether oxygens (including phenoxy) is 1. The van der Waals surface area contributed by atoms with Crippen LogP contribution in [0.1, 0.15) is 41.5 Å². The summed E-state index contributed by atoms with van der Waals surface area (Å²) in [7, 11) is 3.72. The lowest BCUT2D eigenvalue weighted by Crippen LogP contribution is -2.55. The van der Waals surface area contributed by atoms with E-state index in [1.165, 1.54) is 10.9 Å². The molecule has 1 saturated heterocycles. The molecule has 1 aromatic carbocycles. The molecule has 1 N–H and O–H groups in total. The van der Waals surface area contributed by atoms with E-state index in [1.807, 2.05) is 54.5 Å². The van der Waals surface area contributed by atoms with Crippen LogP contribution in [0.15, 0.2) is 67.0 Å². The maximum absolute atomic E-state index is 13.8. The lowest BCUT2D eigenvalue weighted by Gasteiger charge is -2.50. The topological polar surface area (TPSA) is 83.7 Å². The first-order valence-corrected chi connectivity index (χ1v) is 13.6. The van der Waals surface area contributed by atoms with Gasteiger partial charge in [-0.25, -0.2) is 0 Å². The van der Waals surface area contributed by atoms with E-state index in [4.69, 9.17) is 4.74 Å². The molecule has 39 heavy (non-hydrogen) atoms. The smallest absolute Gasteiger partial charge is 0.229 e. The maximum atomic E-state index is 13.8. The van der Waals surface area contributed by atoms with Gasteiger partial charge in [0.05, 0.1) is 37.4 Å². The second kappa shape index (κ2) is 10.4. The van der Waals surface area contributed by atoms with E-state index in [2.05, 4.69) is 37.6 Å². The maximum Gasteiger partial charge on any atom is 0.229 e. The molecular weight excluding hydrogens is 490 g/mol. The number of methoxy groups -OCH3 is 1. The highest BCUT2D eigenvalue weighted by atomic mass is 16.5. The van der Waals surface area contributed by atoms with Crippen molar-refractivity contribution in [2.45, 2.75) is 37.3 Å². The van der Waals surface area contributed by atoms with Crippen molar-refractivity contribution >= 4 is 16.8 Å². The number of hydrogen-bond donors (Lipinski definition) is 1. The number of carbonyl (C=O) groups excluding carboxylic acids is 1. The largest absolute Gasteiger partial charge is 0.497 e. The van der Waals surface area contributed by atoms with Crippen molar-refractivity contribution < 1.29 is 14.6 Å². The SMILES string of the molecule is COc1ccc2c3c(n(C)c2c1)[C@H](CO)N(C(=O)Cc1ccccn1)CC31CCN(Cc2ccccn2)CC1. The van der Waals surface area contributed by atoms with Crippen LogP contribution in [0.3, 0.4) is 0 Å². The number of pyridine rings is 2. The zero-order chi connectivity index (χ0) is 27.0. The van der Waals surface area contributed by atoms with Crippen LogP contribution in [0.25, 0.3) is 10.9 Å². The highest BCUT2D eigenvalue weighted by Gasteiger charge is 2.49. The van der Waals surface area contributed by atoms with Gasteiger partial charge in [-0.05, 0) is 67.9 Å². The van der Waals surface area contributed by atoms with Crippen LogP contribution in [0, 0.1) is 0 Å². The molecule has 2 aliphatic rings. The standard InChI is InChI=1S/C31H35N5O3/c1-34-26-18-24(39-2)9-10-25(26)29-30(34)27(20-37)36(28(38)17-22-7-3-5-13-32-22)21-31(29)11-15-35(16-12-31)19-23-8-4-6-14-33-23/h3-10,13-14,18,27,37H,11-12,15-17,19-21H2,1-2H3/t27-/m0/s1. The van der Waals surface area contributed by atoms with Gasteiger partial charge in [0.1, 0.15) is 5.75 Å². The molecule has 8 nitrogen and oxygen atoms in total. The molecule has 0 bridgehead atoms. The van der Waals surface area contributed by atoms with E-state index >= 15 is 0 Å². The highest BCUT2D eigenvalue weighted by Crippen LogP contribution is 2.50. The Kier molecular flexibility index (Phi) is 6.83. The summed E-state index contributed by atoms with van der Waals surface area (Å²) in [5.41, 5.74) is 4.97. The average molecular weight is 526 g/mol. The fourth-order valence-electron chi connectivity index (χ4n) is 6.65. The molecule has 8 heteroatoms. The first kappa shape index (κ1) is 25.5. The number of aromatic nitrogens is 3. The van der Waals surface area contributed by atoms with E-state index < -0.39 is 6.04 Å². The van der Waals surface area contributed by atoms with Gasteiger partial charge < -0.3 is 19.3 Å². The summed E-state index contributed by atoms with van der Waals surface area (Å²) in [5.74, 6) is 0.792. The monoisotopic (exact) mass is 525 g/mol. The van der Waals surface area contributed by atoms with Crippen LogP contribution in [-0.2, 0) is 30.2 Å². The van der Waals surface area contributed by atoms with Crippen molar-refractivity contribution in [1.29, 1.82) is 0 Å². The molecule has 0 unspecified atom stereocenters. The van der Waals surface area contributed by atoms with Crippen LogP contribution in [0.2, 0.25) is 0 Å². The number of piperidine rings is 1. The summed E-state index contributed by atoms with van der Waals surface area (Å²) in [6.45, 7) is 3.09. The molecule has 0 saturated carbocycles. The number of likely N-dealkylation sites (tertiary alicyclic amines) is 1. The molecule has 1 fully saturated rings. The molecule has 3 aromatic heterocycles. The summed E-state index contributed by atoms with van der Waals surface area (Å²) < 4.78 is 7.71. The molecule has 1 amide bonds. The van der Waals surface area contributed by atoms with E-state index in [0.717, 1.165) is 60.8 Å². The van der Waals surface area contributed by atoms with Gasteiger partial charge in [0.15, 0.2) is 0 Å². The second-order valence-corrected chi connectivity index (χ2v) is 10.8. The Bertz CT molecular complexity index is 1460. The summed E-state index contributed by atoms with van der Waals surface area (Å²) >= 11 is 0. The molecule has 0 aliphatic carbocycles. The first-order valence-electron chi connectivity index (χ1n) is 13.6. The Labute approximate surface area is 228 Å². The van der Waals surface area contributed by atoms with Crippen molar-refractivity contribution in [3.05, 3.63) is 89.6 Å². The first-order chi connectivity index (χ1) is 19.0. The van der Waals surface area contributed by atoms with Crippen molar-refractivity contribution in [1.82, 2.24) is 24.3 Å². The average Bonchev–Trinajstić information content (AvgIpc) is 3.27. The minimum absolute atomic E-state index is 0.00322. The molecule has 5 heterocycles. The zero-order valence-corrected chi connectivity index (χ0v) is 22.6. The van der Waals surface area contributed by atoms with Crippen molar-refractivity contribution in [2.75, 3.05) is 33.4 Å². The minimum atomic E-state index is -0.420. The summed E-state index contributed by atoms with van der Waals surface area (Å²) in [5, 5.41) is 11.9. The third kappa shape index (κ3) is 4.57. The number of amides is 1. The summed E-state index contributed by atoms with van der Waals surface area (Å²) in [6.07, 6.45) is 5.62. The predicted octanol–water partition coefficient (Wildman–Crippen LogP) is 3.63. The van der Waals surface area contributed by atoms with Gasteiger partial charge in [0, 0.05) is 60.8 Å². The summed E-state index contributed by atoms with van der Waals surface area (Å²) in [6, 6.07) is 17.5. The fourth-order valence-corrected chi connectivity index (χ4v) is 6.65. The molecular formula is C31H35N5O3. The molecule has 2 aliphatic heterocycles. The minimum Gasteiger partial charge on any atom is -0.497 e. The normalized spacial score (nSPS) is 18.8. The van der Waals surface area contributed by atoms with Crippen LogP contribution in [0.5, 0.6) is 5.75 Å². The van der Waals surface area contributed by atoms with E-state index in [1.54, 1.807) is 13.3 Å². The second-order valence-electron chi connectivity index (χ2n) is 10.8. The van der Waals surface area contributed by atoms with E-state index in [9.17, 15) is 9.90 Å². The van der Waals surface area contributed by atoms with Gasteiger partial charge in [-0.2, -0.15) is 0 Å². The van der Waals surface area contributed by atoms with Crippen LogP contribution in [-0.4, -0.2) is 68.7 Å². The molecule has 1 atom stereocenters. The number of fused-ring (bicyclic) bond motifs is 4. The molecule has 0 radical (unpaired) electrons. The van der Waals surface area contributed by atoms with Crippen molar-refractivity contribution in [3.63, 3.8) is 0 Å². The molecule has 6 rings (SSSR count). The third-order valence-corrected chi connectivity index (χ3v) is 8.62. The number of aryl methyl sites for hydroxylation is 1. The zero-order valence-electron chi connectivity index (χ0n) is 22.6. The van der Waals surface area contributed by atoms with Gasteiger partial charge in [-0.1, -0.05) is 12.1 Å². The van der Waals surface area contributed by atoms with Gasteiger partial charge >= 0.3 is 0 Å². The van der Waals surface area contributed by atoms with Crippen molar-refractivity contribution in [3.8, 4) is 5.75 Å². The third-order valence-electron chi connectivity index (χ3n) is 8.62. The molecule has 4 aromatic rings. The lowest BCUT2D eigenvalue weighted by molar-refractivity contribution is -0.136. The van der Waals surface area contributed by atoms with E-state index in [-0.39, 0.29) is 24.3 Å². The van der Waals surface area contributed by atoms with Gasteiger partial charge in [0.2, 0.25) is 5.91 Å². The number of aliphatic hydroxyl groups is 1. The van der Waals surface area contributed by atoms with E-state index in [0.29, 0.717) is 6.54 Å². The van der Waals surface area contributed by atoms with Gasteiger partial charge in [-0.15, -0.1) is 0 Å². The fraction of sp³-hybridized carbons (Fsp3) is 0.387. The lowest BCUT2D eigenvalue weighted by atomic mass is 9.68. The number of carbonyl (C=O) groups is 1. The van der Waals surface area contributed by atoms with Crippen LogP contribution < -0.4 is 4.74 Å². The predicted molar refractivity (Wildman–Crippen MR) is 149 cm³/mol.